The Morgan fingerprint density at radius 3 is 2.76 bits per heavy atom. The van der Waals surface area contributed by atoms with E-state index in [2.05, 4.69) is 29.4 Å². The molecule has 1 unspecified atom stereocenters. The second-order valence-electron chi connectivity index (χ2n) is 4.52. The Bertz CT molecular complexity index is 337. The second-order valence-corrected chi connectivity index (χ2v) is 4.52. The fourth-order valence-electron chi connectivity index (χ4n) is 1.31. The molecular weight excluding hydrogens is 220 g/mol. The summed E-state index contributed by atoms with van der Waals surface area (Å²) in [5.74, 6) is 0.409. The summed E-state index contributed by atoms with van der Waals surface area (Å²) in [5, 5.41) is 10.6. The average Bonchev–Trinajstić information content (AvgIpc) is 2.77. The van der Waals surface area contributed by atoms with Crippen LogP contribution in [0.1, 0.15) is 20.3 Å². The van der Waals surface area contributed by atoms with E-state index in [-0.39, 0.29) is 18.5 Å². The first-order valence-corrected chi connectivity index (χ1v) is 5.71. The average molecular weight is 240 g/mol. The first kappa shape index (κ1) is 13.6. The van der Waals surface area contributed by atoms with Gasteiger partial charge >= 0.3 is 0 Å². The molecule has 1 amide bonds. The Kier molecular flexibility index (Phi) is 5.02. The molecule has 0 aliphatic heterocycles. The number of tetrazole rings is 1. The highest BCUT2D eigenvalue weighted by Gasteiger charge is 2.13. The van der Waals surface area contributed by atoms with Crippen molar-refractivity contribution in [2.75, 3.05) is 13.6 Å². The fraction of sp³-hybridized carbons (Fsp3) is 0.800. The van der Waals surface area contributed by atoms with Crippen molar-refractivity contribution in [3.63, 3.8) is 0 Å². The summed E-state index contributed by atoms with van der Waals surface area (Å²) in [5.41, 5.74) is 5.93. The van der Waals surface area contributed by atoms with E-state index in [0.717, 1.165) is 6.42 Å². The van der Waals surface area contributed by atoms with Crippen molar-refractivity contribution in [3.05, 3.63) is 6.33 Å². The molecule has 0 radical (unpaired) electrons. The molecule has 1 atom stereocenters. The Morgan fingerprint density at radius 1 is 1.53 bits per heavy atom. The minimum absolute atomic E-state index is 0.0201. The van der Waals surface area contributed by atoms with Gasteiger partial charge < -0.3 is 10.6 Å². The lowest BCUT2D eigenvalue weighted by atomic mass is 10.0. The van der Waals surface area contributed by atoms with Gasteiger partial charge in [-0.05, 0) is 22.8 Å². The maximum atomic E-state index is 11.8. The molecule has 0 spiro atoms. The molecule has 7 heteroatoms. The molecule has 0 aromatic carbocycles. The maximum Gasteiger partial charge on any atom is 0.244 e. The fourth-order valence-corrected chi connectivity index (χ4v) is 1.31. The van der Waals surface area contributed by atoms with Gasteiger partial charge in [0.25, 0.3) is 0 Å². The molecule has 1 aromatic rings. The zero-order valence-electron chi connectivity index (χ0n) is 10.6. The number of amides is 1. The van der Waals surface area contributed by atoms with Crippen LogP contribution in [-0.2, 0) is 11.3 Å². The molecule has 1 rings (SSSR count). The van der Waals surface area contributed by atoms with E-state index < -0.39 is 0 Å². The lowest BCUT2D eigenvalue weighted by molar-refractivity contribution is -0.130. The molecule has 0 aliphatic rings. The number of hydrogen-bond donors (Lipinski definition) is 1. The topological polar surface area (TPSA) is 89.9 Å². The van der Waals surface area contributed by atoms with Crippen LogP contribution in [0.3, 0.4) is 0 Å². The first-order chi connectivity index (χ1) is 8.00. The summed E-state index contributed by atoms with van der Waals surface area (Å²) in [4.78, 5) is 13.4. The van der Waals surface area contributed by atoms with Crippen LogP contribution in [0.15, 0.2) is 6.33 Å². The molecule has 0 saturated heterocycles. The summed E-state index contributed by atoms with van der Waals surface area (Å²) >= 11 is 0. The predicted molar refractivity (Wildman–Crippen MR) is 62.9 cm³/mol. The number of hydrogen-bond acceptors (Lipinski definition) is 5. The van der Waals surface area contributed by atoms with Gasteiger partial charge in [0.15, 0.2) is 0 Å². The maximum absolute atomic E-state index is 11.8. The van der Waals surface area contributed by atoms with Crippen LogP contribution in [0.4, 0.5) is 0 Å². The van der Waals surface area contributed by atoms with Crippen LogP contribution in [-0.4, -0.2) is 50.6 Å². The molecule has 0 fully saturated rings. The van der Waals surface area contributed by atoms with Crippen molar-refractivity contribution >= 4 is 5.91 Å². The summed E-state index contributed by atoms with van der Waals surface area (Å²) in [6.07, 6.45) is 2.22. The number of aromatic nitrogens is 4. The molecule has 1 heterocycles. The molecule has 1 aromatic heterocycles. The smallest absolute Gasteiger partial charge is 0.244 e. The van der Waals surface area contributed by atoms with Gasteiger partial charge in [-0.2, -0.15) is 0 Å². The molecular formula is C10H20N6O. The molecule has 17 heavy (non-hydrogen) atoms. The van der Waals surface area contributed by atoms with Gasteiger partial charge in [-0.25, -0.2) is 4.68 Å². The zero-order valence-corrected chi connectivity index (χ0v) is 10.6. The van der Waals surface area contributed by atoms with E-state index in [1.165, 1.54) is 11.0 Å². The second kappa shape index (κ2) is 6.29. The Morgan fingerprint density at radius 2 is 2.24 bits per heavy atom. The standard InChI is InChI=1S/C10H20N6O/c1-8(2)9(11)4-5-15(3)10(17)6-16-7-12-13-14-16/h7-9H,4-6,11H2,1-3H3. The first-order valence-electron chi connectivity index (χ1n) is 5.71. The van der Waals surface area contributed by atoms with E-state index in [4.69, 9.17) is 5.73 Å². The van der Waals surface area contributed by atoms with E-state index in [1.807, 2.05) is 0 Å². The van der Waals surface area contributed by atoms with Crippen LogP contribution in [0.5, 0.6) is 0 Å². The van der Waals surface area contributed by atoms with Gasteiger partial charge in [-0.3, -0.25) is 4.79 Å². The van der Waals surface area contributed by atoms with Crippen molar-refractivity contribution < 1.29 is 4.79 Å². The molecule has 0 bridgehead atoms. The third kappa shape index (κ3) is 4.48. The number of rotatable bonds is 6. The van der Waals surface area contributed by atoms with Crippen molar-refractivity contribution in [2.45, 2.75) is 32.9 Å². The summed E-state index contributed by atoms with van der Waals surface area (Å²) in [6, 6.07) is 0.123. The van der Waals surface area contributed by atoms with Gasteiger partial charge in [-0.1, -0.05) is 13.8 Å². The Hall–Kier alpha value is -1.50. The summed E-state index contributed by atoms with van der Waals surface area (Å²) in [6.45, 7) is 4.97. The number of nitrogens with two attached hydrogens (primary N) is 1. The van der Waals surface area contributed by atoms with Crippen LogP contribution >= 0.6 is 0 Å². The molecule has 7 nitrogen and oxygen atoms in total. The normalized spacial score (nSPS) is 12.8. The SMILES string of the molecule is CC(C)C(N)CCN(C)C(=O)Cn1cnnn1. The largest absolute Gasteiger partial charge is 0.344 e. The van der Waals surface area contributed by atoms with E-state index in [0.29, 0.717) is 12.5 Å². The van der Waals surface area contributed by atoms with E-state index in [9.17, 15) is 4.79 Å². The highest BCUT2D eigenvalue weighted by Crippen LogP contribution is 2.03. The van der Waals surface area contributed by atoms with Crippen LogP contribution in [0.25, 0.3) is 0 Å². The molecule has 0 saturated carbocycles. The van der Waals surface area contributed by atoms with Crippen molar-refractivity contribution in [1.29, 1.82) is 0 Å². The number of carbonyl (C=O) groups excluding carboxylic acids is 1. The van der Waals surface area contributed by atoms with E-state index >= 15 is 0 Å². The van der Waals surface area contributed by atoms with E-state index in [1.54, 1.807) is 11.9 Å². The molecule has 96 valence electrons. The number of carbonyl (C=O) groups is 1. The third-order valence-electron chi connectivity index (χ3n) is 2.77. The van der Waals surface area contributed by atoms with Gasteiger partial charge in [0.2, 0.25) is 5.91 Å². The van der Waals surface area contributed by atoms with Crippen molar-refractivity contribution in [1.82, 2.24) is 25.1 Å². The summed E-state index contributed by atoms with van der Waals surface area (Å²) < 4.78 is 1.40. The predicted octanol–water partition coefficient (Wildman–Crippen LogP) is -0.495. The number of nitrogens with zero attached hydrogens (tertiary/aromatic N) is 5. The minimum Gasteiger partial charge on any atom is -0.344 e. The monoisotopic (exact) mass is 240 g/mol. The van der Waals surface area contributed by atoms with Crippen LogP contribution < -0.4 is 5.73 Å². The molecule has 2 N–H and O–H groups in total. The highest BCUT2D eigenvalue weighted by atomic mass is 16.2. The van der Waals surface area contributed by atoms with Crippen LogP contribution in [0, 0.1) is 5.92 Å². The quantitative estimate of drug-likeness (QED) is 0.724. The highest BCUT2D eigenvalue weighted by molar-refractivity contribution is 5.75. The van der Waals surface area contributed by atoms with Crippen LogP contribution in [0.2, 0.25) is 0 Å². The van der Waals surface area contributed by atoms with Gasteiger partial charge in [-0.15, -0.1) is 5.10 Å². The van der Waals surface area contributed by atoms with Crippen molar-refractivity contribution in [3.8, 4) is 0 Å². The van der Waals surface area contributed by atoms with Gasteiger partial charge in [0, 0.05) is 19.6 Å². The zero-order chi connectivity index (χ0) is 12.8. The third-order valence-corrected chi connectivity index (χ3v) is 2.77. The lowest BCUT2D eigenvalue weighted by Gasteiger charge is -2.21. The van der Waals surface area contributed by atoms with Crippen molar-refractivity contribution in [2.24, 2.45) is 11.7 Å². The molecule has 0 aliphatic carbocycles. The Balaban J connectivity index is 2.32. The van der Waals surface area contributed by atoms with Gasteiger partial charge in [0.05, 0.1) is 0 Å². The lowest BCUT2D eigenvalue weighted by Crippen LogP contribution is -2.36. The van der Waals surface area contributed by atoms with Gasteiger partial charge in [0.1, 0.15) is 12.9 Å². The minimum atomic E-state index is -0.0201. The number of likely N-dealkylation sites (N-methyl/N-ethyl adjacent to an activating group) is 1. The Labute approximate surface area is 101 Å². The summed E-state index contributed by atoms with van der Waals surface area (Å²) in [7, 11) is 1.76.